The van der Waals surface area contributed by atoms with Gasteiger partial charge in [-0.2, -0.15) is 0 Å². The summed E-state index contributed by atoms with van der Waals surface area (Å²) in [6.07, 6.45) is 1.36. The van der Waals surface area contributed by atoms with Crippen LogP contribution in [0.5, 0.6) is 5.75 Å². The van der Waals surface area contributed by atoms with Gasteiger partial charge in [0.05, 0.1) is 24.7 Å². The largest absolute Gasteiger partial charge is 0.496 e. The van der Waals surface area contributed by atoms with E-state index in [-0.39, 0.29) is 11.5 Å². The van der Waals surface area contributed by atoms with Gasteiger partial charge in [0.25, 0.3) is 0 Å². The van der Waals surface area contributed by atoms with Gasteiger partial charge in [-0.15, -0.1) is 5.10 Å². The van der Waals surface area contributed by atoms with E-state index in [1.54, 1.807) is 31.4 Å². The second-order valence-electron chi connectivity index (χ2n) is 5.08. The van der Waals surface area contributed by atoms with Crippen LogP contribution in [-0.2, 0) is 4.79 Å². The van der Waals surface area contributed by atoms with Crippen LogP contribution in [0.3, 0.4) is 0 Å². The summed E-state index contributed by atoms with van der Waals surface area (Å²) in [5.41, 5.74) is 5.18. The quantitative estimate of drug-likeness (QED) is 0.423. The zero-order valence-electron chi connectivity index (χ0n) is 14.0. The first-order valence-electron chi connectivity index (χ1n) is 7.58. The number of carbonyl (C=O) groups excluding carboxylic acids is 2. The van der Waals surface area contributed by atoms with Crippen molar-refractivity contribution < 1.29 is 18.7 Å². The van der Waals surface area contributed by atoms with Crippen LogP contribution in [-0.4, -0.2) is 39.9 Å². The molecular weight excluding hydrogens is 394 g/mol. The van der Waals surface area contributed by atoms with Crippen LogP contribution < -0.4 is 15.6 Å². The molecule has 140 valence electrons. The molecule has 0 radical (unpaired) electrons. The molecule has 0 aliphatic heterocycles. The molecule has 0 spiro atoms. The summed E-state index contributed by atoms with van der Waals surface area (Å²) in [4.78, 5) is 27.8. The van der Waals surface area contributed by atoms with Gasteiger partial charge in [-0.3, -0.25) is 25.5 Å². The van der Waals surface area contributed by atoms with Crippen LogP contribution in [0.4, 0.5) is 0 Å². The third-order valence-corrected chi connectivity index (χ3v) is 4.36. The van der Waals surface area contributed by atoms with E-state index in [1.165, 1.54) is 12.3 Å². The predicted molar refractivity (Wildman–Crippen MR) is 98.4 cm³/mol. The summed E-state index contributed by atoms with van der Waals surface area (Å²) in [6, 6.07) is 8.18. The Morgan fingerprint density at radius 1 is 1.33 bits per heavy atom. The topological polar surface area (TPSA) is 122 Å². The maximum atomic E-state index is 11.8. The fraction of sp³-hybridized carbons (Fsp3) is 0.125. The molecule has 2 heterocycles. The number of hydrogen-bond acceptors (Lipinski definition) is 7. The number of nitrogens with one attached hydrogen (secondary N) is 3. The normalized spacial score (nSPS) is 10.4. The second-order valence-corrected chi connectivity index (χ2v) is 6.46. The summed E-state index contributed by atoms with van der Waals surface area (Å²) >= 11 is 7.11. The van der Waals surface area contributed by atoms with Crippen molar-refractivity contribution in [1.29, 1.82) is 0 Å². The highest BCUT2D eigenvalue weighted by Gasteiger charge is 2.14. The number of nitrogens with zero attached hydrogens (tertiary/aromatic N) is 2. The molecule has 0 atom stereocenters. The maximum absolute atomic E-state index is 11.8. The van der Waals surface area contributed by atoms with E-state index in [1.807, 2.05) is 0 Å². The number of amides is 2. The minimum atomic E-state index is -0.549. The molecule has 0 aliphatic carbocycles. The van der Waals surface area contributed by atoms with Crippen molar-refractivity contribution in [2.45, 2.75) is 5.16 Å². The molecule has 0 saturated heterocycles. The van der Waals surface area contributed by atoms with Crippen molar-refractivity contribution in [1.82, 2.24) is 26.0 Å². The Kier molecular flexibility index (Phi) is 5.99. The van der Waals surface area contributed by atoms with Crippen molar-refractivity contribution >= 4 is 35.2 Å². The number of rotatable bonds is 6. The van der Waals surface area contributed by atoms with Gasteiger partial charge in [0.15, 0.2) is 11.6 Å². The number of ether oxygens (including phenoxy) is 1. The fourth-order valence-corrected chi connectivity index (χ4v) is 2.83. The third kappa shape index (κ3) is 4.80. The molecule has 0 aliphatic rings. The number of H-pyrrole nitrogens is 1. The molecule has 2 aromatic heterocycles. The highest BCUT2D eigenvalue weighted by atomic mass is 35.5. The number of furan rings is 1. The highest BCUT2D eigenvalue weighted by Crippen LogP contribution is 2.31. The molecule has 0 fully saturated rings. The smallest absolute Gasteiger partial charge is 0.305 e. The van der Waals surface area contributed by atoms with E-state index in [0.29, 0.717) is 27.3 Å². The van der Waals surface area contributed by atoms with Crippen LogP contribution in [0.1, 0.15) is 10.6 Å². The summed E-state index contributed by atoms with van der Waals surface area (Å²) in [7, 11) is 1.54. The maximum Gasteiger partial charge on any atom is 0.305 e. The van der Waals surface area contributed by atoms with Crippen LogP contribution >= 0.6 is 23.4 Å². The Morgan fingerprint density at radius 3 is 2.93 bits per heavy atom. The van der Waals surface area contributed by atoms with Gasteiger partial charge in [0.1, 0.15) is 5.75 Å². The lowest BCUT2D eigenvalue weighted by atomic mass is 10.2. The first-order chi connectivity index (χ1) is 13.1. The number of aromatic amines is 1. The van der Waals surface area contributed by atoms with Crippen molar-refractivity contribution in [2.75, 3.05) is 12.9 Å². The summed E-state index contributed by atoms with van der Waals surface area (Å²) < 4.78 is 10.2. The first kappa shape index (κ1) is 18.8. The van der Waals surface area contributed by atoms with Gasteiger partial charge < -0.3 is 9.15 Å². The number of carbonyl (C=O) groups is 2. The lowest BCUT2D eigenvalue weighted by Crippen LogP contribution is -2.42. The van der Waals surface area contributed by atoms with E-state index < -0.39 is 11.8 Å². The van der Waals surface area contributed by atoms with Gasteiger partial charge in [0, 0.05) is 5.02 Å². The van der Waals surface area contributed by atoms with E-state index >= 15 is 0 Å². The number of hydrogen-bond donors (Lipinski definition) is 3. The van der Waals surface area contributed by atoms with Crippen molar-refractivity contribution in [3.05, 3.63) is 47.4 Å². The predicted octanol–water partition coefficient (Wildman–Crippen LogP) is 2.28. The number of aromatic nitrogens is 3. The van der Waals surface area contributed by atoms with Crippen molar-refractivity contribution in [2.24, 2.45) is 0 Å². The Bertz CT molecular complexity index is 944. The Morgan fingerprint density at radius 2 is 2.19 bits per heavy atom. The van der Waals surface area contributed by atoms with Gasteiger partial charge in [-0.25, -0.2) is 4.98 Å². The van der Waals surface area contributed by atoms with E-state index in [4.69, 9.17) is 20.8 Å². The third-order valence-electron chi connectivity index (χ3n) is 3.27. The van der Waals surface area contributed by atoms with Gasteiger partial charge in [-0.1, -0.05) is 23.4 Å². The first-order valence-corrected chi connectivity index (χ1v) is 8.95. The van der Waals surface area contributed by atoms with Gasteiger partial charge in [0.2, 0.25) is 11.1 Å². The summed E-state index contributed by atoms with van der Waals surface area (Å²) in [6.45, 7) is 0. The number of halogens is 1. The van der Waals surface area contributed by atoms with Crippen molar-refractivity contribution in [3.8, 4) is 17.1 Å². The molecule has 27 heavy (non-hydrogen) atoms. The lowest BCUT2D eigenvalue weighted by Gasteiger charge is -2.05. The van der Waals surface area contributed by atoms with Gasteiger partial charge >= 0.3 is 5.91 Å². The molecule has 2 amide bonds. The van der Waals surface area contributed by atoms with Crippen LogP contribution in [0.2, 0.25) is 5.02 Å². The number of hydrazine groups is 1. The van der Waals surface area contributed by atoms with E-state index in [0.717, 1.165) is 11.8 Å². The Hall–Kier alpha value is -2.98. The highest BCUT2D eigenvalue weighted by molar-refractivity contribution is 7.99. The van der Waals surface area contributed by atoms with E-state index in [2.05, 4.69) is 26.0 Å². The summed E-state index contributed by atoms with van der Waals surface area (Å²) in [5, 5.41) is 7.72. The van der Waals surface area contributed by atoms with Crippen molar-refractivity contribution in [3.63, 3.8) is 0 Å². The molecule has 0 bridgehead atoms. The SMILES string of the molecule is COc1ccc(Cl)cc1-c1nc(SCC(=O)NNC(=O)c2ccco2)n[nH]1. The minimum absolute atomic E-state index is 0.00239. The molecule has 11 heteroatoms. The zero-order valence-corrected chi connectivity index (χ0v) is 15.6. The van der Waals surface area contributed by atoms with Crippen LogP contribution in [0.15, 0.2) is 46.2 Å². The molecular formula is C16H14ClN5O4S. The molecule has 3 rings (SSSR count). The average molecular weight is 408 g/mol. The fourth-order valence-electron chi connectivity index (χ4n) is 2.06. The number of benzene rings is 1. The summed E-state index contributed by atoms with van der Waals surface area (Å²) in [5.74, 6) is 0.173. The molecule has 0 unspecified atom stereocenters. The standard InChI is InChI=1S/C16H14ClN5O4S/c1-25-11-5-4-9(17)7-10(11)14-18-16(22-20-14)27-8-13(23)19-21-15(24)12-3-2-6-26-12/h2-7H,8H2,1H3,(H,19,23)(H,21,24)(H,18,20,22). The number of thioether (sulfide) groups is 1. The molecule has 0 saturated carbocycles. The van der Waals surface area contributed by atoms with E-state index in [9.17, 15) is 9.59 Å². The molecule has 3 N–H and O–H groups in total. The average Bonchev–Trinajstić information content (AvgIpc) is 3.36. The molecule has 1 aromatic carbocycles. The number of methoxy groups -OCH3 is 1. The molecule has 3 aromatic rings. The van der Waals surface area contributed by atoms with Gasteiger partial charge in [-0.05, 0) is 30.3 Å². The van der Waals surface area contributed by atoms with Crippen LogP contribution in [0.25, 0.3) is 11.4 Å². The zero-order chi connectivity index (χ0) is 19.2. The van der Waals surface area contributed by atoms with Crippen LogP contribution in [0, 0.1) is 0 Å². The molecule has 9 nitrogen and oxygen atoms in total. The monoisotopic (exact) mass is 407 g/mol. The minimum Gasteiger partial charge on any atom is -0.496 e. The second kappa shape index (κ2) is 8.60. The lowest BCUT2D eigenvalue weighted by molar-refractivity contribution is -0.119. The Balaban J connectivity index is 1.54. The Labute approximate surface area is 162 Å².